The van der Waals surface area contributed by atoms with Crippen LogP contribution in [-0.4, -0.2) is 38.0 Å². The van der Waals surface area contributed by atoms with Crippen molar-refractivity contribution in [3.8, 4) is 11.4 Å². The first-order valence-electron chi connectivity index (χ1n) is 7.26. The smallest absolute Gasteiger partial charge is 0.276 e. The second-order valence-electron chi connectivity index (χ2n) is 5.29. The maximum Gasteiger partial charge on any atom is 0.276 e. The predicted molar refractivity (Wildman–Crippen MR) is 90.3 cm³/mol. The molecular weight excluding hydrogens is 328 g/mol. The fourth-order valence-corrected chi connectivity index (χ4v) is 2.51. The van der Waals surface area contributed by atoms with Gasteiger partial charge in [0.05, 0.1) is 16.9 Å². The summed E-state index contributed by atoms with van der Waals surface area (Å²) in [6, 6.07) is 14.1. The zero-order chi connectivity index (χ0) is 17.1. The average Bonchev–Trinajstić information content (AvgIpc) is 3.06. The van der Waals surface area contributed by atoms with Gasteiger partial charge in [0.2, 0.25) is 0 Å². The van der Waals surface area contributed by atoms with Crippen LogP contribution in [0.15, 0.2) is 54.7 Å². The highest BCUT2D eigenvalue weighted by Crippen LogP contribution is 2.20. The van der Waals surface area contributed by atoms with Gasteiger partial charge in [-0.25, -0.2) is 4.68 Å². The Balaban J connectivity index is 1.79. The molecule has 0 atom stereocenters. The van der Waals surface area contributed by atoms with E-state index in [9.17, 15) is 9.90 Å². The van der Waals surface area contributed by atoms with Crippen LogP contribution in [0.5, 0.6) is 5.75 Å². The molecule has 3 aromatic rings. The maximum absolute atomic E-state index is 12.5. The molecule has 24 heavy (non-hydrogen) atoms. The Morgan fingerprint density at radius 1 is 1.21 bits per heavy atom. The number of benzene rings is 2. The number of nitrogens with zero attached hydrogens (tertiary/aromatic N) is 4. The highest BCUT2D eigenvalue weighted by molar-refractivity contribution is 6.32. The van der Waals surface area contributed by atoms with Crippen LogP contribution in [0.3, 0.4) is 0 Å². The predicted octanol–water partition coefficient (Wildman–Crippen LogP) is 2.90. The molecule has 1 amide bonds. The molecule has 1 N–H and O–H groups in total. The van der Waals surface area contributed by atoms with E-state index in [-0.39, 0.29) is 23.9 Å². The lowest BCUT2D eigenvalue weighted by molar-refractivity contribution is 0.0778. The number of hydrogen-bond donors (Lipinski definition) is 1. The number of carbonyl (C=O) groups excluding carboxylic acids is 1. The van der Waals surface area contributed by atoms with Gasteiger partial charge in [0.1, 0.15) is 5.75 Å². The fourth-order valence-electron chi connectivity index (χ4n) is 2.28. The summed E-state index contributed by atoms with van der Waals surface area (Å²) in [7, 11) is 1.64. The average molecular weight is 343 g/mol. The van der Waals surface area contributed by atoms with Crippen molar-refractivity contribution in [2.24, 2.45) is 0 Å². The van der Waals surface area contributed by atoms with Crippen molar-refractivity contribution in [3.05, 3.63) is 71.0 Å². The summed E-state index contributed by atoms with van der Waals surface area (Å²) in [5.41, 5.74) is 1.51. The number of para-hydroxylation sites is 2. The summed E-state index contributed by atoms with van der Waals surface area (Å²) in [5.74, 6) is -0.145. The largest absolute Gasteiger partial charge is 0.508 e. The summed E-state index contributed by atoms with van der Waals surface area (Å²) < 4.78 is 1.46. The van der Waals surface area contributed by atoms with Crippen molar-refractivity contribution in [2.75, 3.05) is 7.05 Å². The molecule has 0 saturated carbocycles. The van der Waals surface area contributed by atoms with E-state index in [0.29, 0.717) is 16.3 Å². The summed E-state index contributed by atoms with van der Waals surface area (Å²) >= 11 is 6.12. The van der Waals surface area contributed by atoms with E-state index >= 15 is 0 Å². The van der Waals surface area contributed by atoms with Gasteiger partial charge in [0.25, 0.3) is 5.91 Å². The molecule has 0 saturated heterocycles. The van der Waals surface area contributed by atoms with Crippen LogP contribution in [-0.2, 0) is 6.54 Å². The third kappa shape index (κ3) is 3.23. The van der Waals surface area contributed by atoms with Gasteiger partial charge < -0.3 is 10.0 Å². The van der Waals surface area contributed by atoms with Crippen molar-refractivity contribution in [1.82, 2.24) is 19.9 Å². The monoisotopic (exact) mass is 342 g/mol. The van der Waals surface area contributed by atoms with Crippen molar-refractivity contribution < 1.29 is 9.90 Å². The van der Waals surface area contributed by atoms with Gasteiger partial charge in [-0.1, -0.05) is 47.1 Å². The molecule has 0 aliphatic rings. The van der Waals surface area contributed by atoms with E-state index in [1.165, 1.54) is 15.8 Å². The van der Waals surface area contributed by atoms with E-state index < -0.39 is 0 Å². The molecule has 0 aliphatic carbocycles. The third-order valence-electron chi connectivity index (χ3n) is 3.56. The Bertz CT molecular complexity index is 878. The van der Waals surface area contributed by atoms with Crippen LogP contribution in [0.4, 0.5) is 0 Å². The molecule has 1 aromatic heterocycles. The molecular formula is C17H15ClN4O2. The summed E-state index contributed by atoms with van der Waals surface area (Å²) in [4.78, 5) is 14.0. The number of phenolic OH excluding ortho intramolecular Hbond substituents is 1. The Morgan fingerprint density at radius 3 is 2.67 bits per heavy atom. The number of carbonyl (C=O) groups is 1. The first-order chi connectivity index (χ1) is 11.6. The molecule has 122 valence electrons. The first kappa shape index (κ1) is 16.0. The summed E-state index contributed by atoms with van der Waals surface area (Å²) in [6.07, 6.45) is 1.53. The second-order valence-corrected chi connectivity index (χ2v) is 5.70. The van der Waals surface area contributed by atoms with Crippen LogP contribution >= 0.6 is 11.6 Å². The van der Waals surface area contributed by atoms with Gasteiger partial charge in [0.15, 0.2) is 5.69 Å². The minimum Gasteiger partial charge on any atom is -0.508 e. The van der Waals surface area contributed by atoms with Crippen LogP contribution in [0.1, 0.15) is 16.1 Å². The first-order valence-corrected chi connectivity index (χ1v) is 7.63. The highest BCUT2D eigenvalue weighted by atomic mass is 35.5. The number of aromatic hydroxyl groups is 1. The molecule has 0 bridgehead atoms. The van der Waals surface area contributed by atoms with Crippen molar-refractivity contribution in [3.63, 3.8) is 0 Å². The lowest BCUT2D eigenvalue weighted by Crippen LogP contribution is -2.26. The van der Waals surface area contributed by atoms with Crippen LogP contribution in [0.2, 0.25) is 5.02 Å². The normalized spacial score (nSPS) is 10.6. The van der Waals surface area contributed by atoms with Gasteiger partial charge in [-0.3, -0.25) is 4.79 Å². The standard InChI is InChI=1S/C17H15ClN4O2/c1-21(10-12-6-2-5-9-16(12)23)17(24)14-11-22(20-19-14)15-8-4-3-7-13(15)18/h2-9,11,23H,10H2,1H3. The van der Waals surface area contributed by atoms with Crippen molar-refractivity contribution in [1.29, 1.82) is 0 Å². The maximum atomic E-state index is 12.5. The number of hydrogen-bond acceptors (Lipinski definition) is 4. The van der Waals surface area contributed by atoms with E-state index in [1.54, 1.807) is 43.4 Å². The number of halogens is 1. The third-order valence-corrected chi connectivity index (χ3v) is 3.88. The number of amides is 1. The second kappa shape index (κ2) is 6.72. The van der Waals surface area contributed by atoms with Gasteiger partial charge in [0, 0.05) is 19.2 Å². The quantitative estimate of drug-likeness (QED) is 0.791. The molecule has 0 aliphatic heterocycles. The number of rotatable bonds is 4. The van der Waals surface area contributed by atoms with Crippen LogP contribution in [0, 0.1) is 0 Å². The van der Waals surface area contributed by atoms with E-state index in [0.717, 1.165) is 0 Å². The molecule has 0 unspecified atom stereocenters. The topological polar surface area (TPSA) is 71.2 Å². The summed E-state index contributed by atoms with van der Waals surface area (Å²) in [6.45, 7) is 0.268. The lowest BCUT2D eigenvalue weighted by atomic mass is 10.2. The van der Waals surface area contributed by atoms with Gasteiger partial charge >= 0.3 is 0 Å². The Morgan fingerprint density at radius 2 is 1.92 bits per heavy atom. The van der Waals surface area contributed by atoms with E-state index in [1.807, 2.05) is 12.1 Å². The molecule has 6 nitrogen and oxygen atoms in total. The number of aromatic nitrogens is 3. The molecule has 2 aromatic carbocycles. The Labute approximate surface area is 143 Å². The highest BCUT2D eigenvalue weighted by Gasteiger charge is 2.18. The van der Waals surface area contributed by atoms with Crippen LogP contribution in [0.25, 0.3) is 5.69 Å². The number of phenols is 1. The van der Waals surface area contributed by atoms with Gasteiger partial charge in [-0.2, -0.15) is 0 Å². The van der Waals surface area contributed by atoms with Gasteiger partial charge in [-0.15, -0.1) is 5.10 Å². The van der Waals surface area contributed by atoms with Crippen molar-refractivity contribution >= 4 is 17.5 Å². The molecule has 0 spiro atoms. The molecule has 3 rings (SSSR count). The molecule has 0 radical (unpaired) electrons. The van der Waals surface area contributed by atoms with Crippen LogP contribution < -0.4 is 0 Å². The molecule has 1 heterocycles. The van der Waals surface area contributed by atoms with E-state index in [4.69, 9.17) is 11.6 Å². The molecule has 0 fully saturated rings. The minimum atomic E-state index is -0.295. The van der Waals surface area contributed by atoms with E-state index in [2.05, 4.69) is 10.3 Å². The SMILES string of the molecule is CN(Cc1ccccc1O)C(=O)c1cn(-c2ccccc2Cl)nn1. The lowest BCUT2D eigenvalue weighted by Gasteiger charge is -2.16. The fraction of sp³-hybridized carbons (Fsp3) is 0.118. The van der Waals surface area contributed by atoms with Gasteiger partial charge in [-0.05, 0) is 18.2 Å². The summed E-state index contributed by atoms with van der Waals surface area (Å²) in [5, 5.41) is 18.2. The Hall–Kier alpha value is -2.86. The zero-order valence-corrected chi connectivity index (χ0v) is 13.7. The van der Waals surface area contributed by atoms with Crippen molar-refractivity contribution in [2.45, 2.75) is 6.54 Å². The molecule has 7 heteroatoms. The Kier molecular flexibility index (Phi) is 4.48. The zero-order valence-electron chi connectivity index (χ0n) is 12.9. The minimum absolute atomic E-state index is 0.150.